The van der Waals surface area contributed by atoms with E-state index in [0.29, 0.717) is 11.1 Å². The van der Waals surface area contributed by atoms with Gasteiger partial charge in [-0.1, -0.05) is 23.6 Å². The fraction of sp³-hybridized carbons (Fsp3) is 0.143. The van der Waals surface area contributed by atoms with Crippen molar-refractivity contribution >= 4 is 27.8 Å². The molecule has 0 spiro atoms. The van der Waals surface area contributed by atoms with Crippen LogP contribution in [0.15, 0.2) is 35.3 Å². The number of H-pyrrole nitrogens is 1. The summed E-state index contributed by atoms with van der Waals surface area (Å²) < 4.78 is 0. The number of aromatic nitrogens is 1. The highest BCUT2D eigenvalue weighted by Crippen LogP contribution is 2.09. The van der Waals surface area contributed by atoms with Gasteiger partial charge >= 0.3 is 0 Å². The minimum atomic E-state index is -0.0227. The lowest BCUT2D eigenvalue weighted by Gasteiger charge is -1.97. The molecule has 0 radical (unpaired) electrons. The molecule has 1 aromatic heterocycles. The molecule has 90 valence electrons. The molecule has 18 heavy (non-hydrogen) atoms. The molecule has 1 N–H and O–H groups in total. The van der Waals surface area contributed by atoms with Gasteiger partial charge in [-0.05, 0) is 18.2 Å². The average Bonchev–Trinajstić information content (AvgIpc) is 2.35. The van der Waals surface area contributed by atoms with Gasteiger partial charge in [0.25, 0.3) is 0 Å². The van der Waals surface area contributed by atoms with Crippen LogP contribution in [-0.4, -0.2) is 15.9 Å². The van der Waals surface area contributed by atoms with Crippen molar-refractivity contribution in [2.45, 2.75) is 6.92 Å². The Morgan fingerprint density at radius 1 is 1.39 bits per heavy atom. The first-order valence-corrected chi connectivity index (χ1v) is 6.39. The van der Waals surface area contributed by atoms with E-state index in [-0.39, 0.29) is 10.5 Å². The van der Waals surface area contributed by atoms with Gasteiger partial charge in [-0.15, -0.1) is 0 Å². The molecule has 0 aliphatic carbocycles. The quantitative estimate of drug-likeness (QED) is 0.796. The van der Waals surface area contributed by atoms with Crippen molar-refractivity contribution in [1.29, 1.82) is 0 Å². The molecule has 0 saturated carbocycles. The molecule has 0 aliphatic rings. The topological polar surface area (TPSA) is 49.9 Å². The van der Waals surface area contributed by atoms with E-state index in [4.69, 9.17) is 0 Å². The predicted molar refractivity (Wildman–Crippen MR) is 74.6 cm³/mol. The van der Waals surface area contributed by atoms with Crippen molar-refractivity contribution in [3.63, 3.8) is 0 Å². The van der Waals surface area contributed by atoms with Crippen molar-refractivity contribution < 1.29 is 4.79 Å². The van der Waals surface area contributed by atoms with E-state index in [1.54, 1.807) is 12.3 Å². The van der Waals surface area contributed by atoms with Crippen molar-refractivity contribution in [2.75, 3.05) is 5.75 Å². The van der Waals surface area contributed by atoms with Gasteiger partial charge in [0.05, 0.1) is 5.75 Å². The van der Waals surface area contributed by atoms with Crippen LogP contribution in [0.4, 0.5) is 0 Å². The van der Waals surface area contributed by atoms with Crippen molar-refractivity contribution in [3.8, 4) is 11.8 Å². The second kappa shape index (κ2) is 5.56. The van der Waals surface area contributed by atoms with Gasteiger partial charge in [-0.2, -0.15) is 0 Å². The Bertz CT molecular complexity index is 707. The molecule has 2 rings (SSSR count). The summed E-state index contributed by atoms with van der Waals surface area (Å²) >= 11 is 1.18. The number of hydrogen-bond acceptors (Lipinski definition) is 3. The molecular formula is C14H11NO2S. The molecule has 2 aromatic rings. The summed E-state index contributed by atoms with van der Waals surface area (Å²) in [5.74, 6) is 6.31. The number of carbonyl (C=O) groups excluding carboxylic acids is 1. The number of fused-ring (bicyclic) bond motifs is 1. The summed E-state index contributed by atoms with van der Waals surface area (Å²) in [4.78, 5) is 25.4. The fourth-order valence-electron chi connectivity index (χ4n) is 1.52. The minimum absolute atomic E-state index is 0.0227. The van der Waals surface area contributed by atoms with Crippen LogP contribution < -0.4 is 5.43 Å². The van der Waals surface area contributed by atoms with E-state index in [2.05, 4.69) is 16.8 Å². The first-order chi connectivity index (χ1) is 8.66. The highest BCUT2D eigenvalue weighted by Gasteiger charge is 1.98. The standard InChI is InChI=1S/C14H11NO2S/c1-10(16)18-8-2-3-11-4-5-13-12(9-11)14(17)6-7-15-13/h4-7,9H,8H2,1H3,(H,15,17). The van der Waals surface area contributed by atoms with Crippen molar-refractivity contribution in [3.05, 3.63) is 46.2 Å². The van der Waals surface area contributed by atoms with Gasteiger partial charge in [0.15, 0.2) is 10.5 Å². The van der Waals surface area contributed by atoms with Crippen LogP contribution in [0.25, 0.3) is 10.9 Å². The first kappa shape index (κ1) is 12.5. The zero-order valence-electron chi connectivity index (χ0n) is 9.82. The van der Waals surface area contributed by atoms with Crippen LogP contribution in [-0.2, 0) is 4.79 Å². The third kappa shape index (κ3) is 3.02. The van der Waals surface area contributed by atoms with Gasteiger partial charge in [0.1, 0.15) is 0 Å². The molecule has 1 heterocycles. The molecule has 4 heteroatoms. The molecule has 0 amide bonds. The number of aromatic amines is 1. The zero-order valence-corrected chi connectivity index (χ0v) is 10.6. The van der Waals surface area contributed by atoms with Gasteiger partial charge < -0.3 is 4.98 Å². The smallest absolute Gasteiger partial charge is 0.189 e. The second-order valence-electron chi connectivity index (χ2n) is 3.68. The maximum Gasteiger partial charge on any atom is 0.189 e. The highest BCUT2D eigenvalue weighted by molar-refractivity contribution is 8.13. The number of nitrogens with one attached hydrogen (secondary N) is 1. The lowest BCUT2D eigenvalue weighted by atomic mass is 10.1. The summed E-state index contributed by atoms with van der Waals surface area (Å²) in [6, 6.07) is 6.94. The van der Waals surface area contributed by atoms with Crippen LogP contribution in [0.1, 0.15) is 12.5 Å². The maximum absolute atomic E-state index is 11.6. The predicted octanol–water partition coefficient (Wildman–Crippen LogP) is 2.16. The SMILES string of the molecule is CC(=O)SCC#Cc1ccc2[nH]ccc(=O)c2c1. The van der Waals surface area contributed by atoms with Crippen LogP contribution in [0.3, 0.4) is 0 Å². The molecule has 3 nitrogen and oxygen atoms in total. The van der Waals surface area contributed by atoms with Crippen molar-refractivity contribution in [2.24, 2.45) is 0 Å². The average molecular weight is 257 g/mol. The van der Waals surface area contributed by atoms with Crippen LogP contribution >= 0.6 is 11.8 Å². The third-order valence-electron chi connectivity index (χ3n) is 2.34. The molecular weight excluding hydrogens is 246 g/mol. The third-order valence-corrected chi connectivity index (χ3v) is 3.03. The summed E-state index contributed by atoms with van der Waals surface area (Å²) in [5, 5.41) is 0.683. The summed E-state index contributed by atoms with van der Waals surface area (Å²) in [7, 11) is 0. The number of benzene rings is 1. The number of thioether (sulfide) groups is 1. The molecule has 0 fully saturated rings. The van der Waals surface area contributed by atoms with Gasteiger partial charge in [0.2, 0.25) is 0 Å². The molecule has 0 unspecified atom stereocenters. The normalized spacial score (nSPS) is 9.83. The van der Waals surface area contributed by atoms with Gasteiger partial charge in [-0.3, -0.25) is 9.59 Å². The fourth-order valence-corrected chi connectivity index (χ4v) is 1.87. The molecule has 0 saturated heterocycles. The van der Waals surface area contributed by atoms with Gasteiger partial charge in [-0.25, -0.2) is 0 Å². The summed E-state index contributed by atoms with van der Waals surface area (Å²) in [5.41, 5.74) is 1.56. The highest BCUT2D eigenvalue weighted by atomic mass is 32.2. The molecule has 0 bridgehead atoms. The van der Waals surface area contributed by atoms with E-state index >= 15 is 0 Å². The Kier molecular flexibility index (Phi) is 3.85. The zero-order chi connectivity index (χ0) is 13.0. The Hall–Kier alpha value is -1.99. The summed E-state index contributed by atoms with van der Waals surface area (Å²) in [6.45, 7) is 1.52. The molecule has 1 aromatic carbocycles. The van der Waals surface area contributed by atoms with E-state index < -0.39 is 0 Å². The van der Waals surface area contributed by atoms with Crippen LogP contribution in [0.2, 0.25) is 0 Å². The van der Waals surface area contributed by atoms with Gasteiger partial charge in [0, 0.05) is 35.7 Å². The maximum atomic E-state index is 11.6. The summed E-state index contributed by atoms with van der Waals surface area (Å²) in [6.07, 6.45) is 1.62. The number of carbonyl (C=O) groups is 1. The number of rotatable bonds is 1. The van der Waals surface area contributed by atoms with E-state index in [0.717, 1.165) is 11.1 Å². The van der Waals surface area contributed by atoms with Crippen LogP contribution in [0.5, 0.6) is 0 Å². The Balaban J connectivity index is 2.27. The second-order valence-corrected chi connectivity index (χ2v) is 4.84. The number of pyridine rings is 1. The molecule has 0 aliphatic heterocycles. The molecule has 0 atom stereocenters. The monoisotopic (exact) mass is 257 g/mol. The largest absolute Gasteiger partial charge is 0.361 e. The van der Waals surface area contributed by atoms with E-state index in [9.17, 15) is 9.59 Å². The number of hydrogen-bond donors (Lipinski definition) is 1. The minimum Gasteiger partial charge on any atom is -0.361 e. The lowest BCUT2D eigenvalue weighted by Crippen LogP contribution is -1.99. The lowest BCUT2D eigenvalue weighted by molar-refractivity contribution is -0.109. The van der Waals surface area contributed by atoms with Crippen LogP contribution in [0, 0.1) is 11.8 Å². The Morgan fingerprint density at radius 2 is 2.22 bits per heavy atom. The Labute approximate surface area is 109 Å². The van der Waals surface area contributed by atoms with E-state index in [1.165, 1.54) is 24.8 Å². The van der Waals surface area contributed by atoms with Crippen molar-refractivity contribution in [1.82, 2.24) is 4.98 Å². The Morgan fingerprint density at radius 3 is 3.00 bits per heavy atom. The first-order valence-electron chi connectivity index (χ1n) is 5.40. The van der Waals surface area contributed by atoms with E-state index in [1.807, 2.05) is 12.1 Å².